The van der Waals surface area contributed by atoms with Crippen LogP contribution in [0.5, 0.6) is 0 Å². The number of thiophene rings is 1. The van der Waals surface area contributed by atoms with Crippen LogP contribution in [0.2, 0.25) is 0 Å². The van der Waals surface area contributed by atoms with Crippen LogP contribution in [0.4, 0.5) is 0 Å². The molecular weight excluding hydrogens is 304 g/mol. The van der Waals surface area contributed by atoms with Crippen LogP contribution in [0.15, 0.2) is 16.3 Å². The van der Waals surface area contributed by atoms with Gasteiger partial charge in [-0.2, -0.15) is 0 Å². The second-order valence-electron chi connectivity index (χ2n) is 4.27. The standard InChI is InChI=1S/C11H16N2O5S2/c1-12-11(14)10-3-7(6-19-10)20(15,16)13-8-4-18-5-9(8)17-2/h3,6,8-9,13H,4-5H2,1-2H3,(H,12,14)/t8-,9-/m0/s1. The van der Waals surface area contributed by atoms with E-state index in [-0.39, 0.29) is 23.5 Å². The third-order valence-corrected chi connectivity index (χ3v) is 5.52. The quantitative estimate of drug-likeness (QED) is 0.784. The Labute approximate surface area is 121 Å². The molecule has 1 saturated heterocycles. The van der Waals surface area contributed by atoms with Gasteiger partial charge in [-0.3, -0.25) is 4.79 Å². The minimum atomic E-state index is -3.69. The van der Waals surface area contributed by atoms with E-state index in [0.717, 1.165) is 11.3 Å². The summed E-state index contributed by atoms with van der Waals surface area (Å²) in [6, 6.07) is 0.928. The van der Waals surface area contributed by atoms with Crippen LogP contribution in [-0.4, -0.2) is 53.8 Å². The average molecular weight is 320 g/mol. The molecule has 112 valence electrons. The summed E-state index contributed by atoms with van der Waals surface area (Å²) >= 11 is 1.08. The second kappa shape index (κ2) is 6.19. The fourth-order valence-electron chi connectivity index (χ4n) is 1.85. The molecule has 2 N–H and O–H groups in total. The maximum Gasteiger partial charge on any atom is 0.261 e. The number of hydrogen-bond acceptors (Lipinski definition) is 6. The summed E-state index contributed by atoms with van der Waals surface area (Å²) in [4.78, 5) is 11.9. The molecule has 1 aliphatic heterocycles. The van der Waals surface area contributed by atoms with Crippen LogP contribution in [-0.2, 0) is 19.5 Å². The van der Waals surface area contributed by atoms with Gasteiger partial charge < -0.3 is 14.8 Å². The largest absolute Gasteiger partial charge is 0.377 e. The van der Waals surface area contributed by atoms with Crippen LogP contribution in [0.3, 0.4) is 0 Å². The van der Waals surface area contributed by atoms with Gasteiger partial charge in [0.1, 0.15) is 0 Å². The number of carbonyl (C=O) groups is 1. The number of sulfonamides is 1. The minimum Gasteiger partial charge on any atom is -0.377 e. The van der Waals surface area contributed by atoms with Crippen molar-refractivity contribution in [2.75, 3.05) is 27.4 Å². The molecule has 0 spiro atoms. The van der Waals surface area contributed by atoms with Crippen molar-refractivity contribution in [3.8, 4) is 0 Å². The average Bonchev–Trinajstić information content (AvgIpc) is 3.06. The van der Waals surface area contributed by atoms with E-state index >= 15 is 0 Å². The summed E-state index contributed by atoms with van der Waals surface area (Å²) in [6.45, 7) is 0.626. The molecule has 2 heterocycles. The molecule has 0 aromatic carbocycles. The van der Waals surface area contributed by atoms with Crippen LogP contribution >= 0.6 is 11.3 Å². The van der Waals surface area contributed by atoms with Gasteiger partial charge in [0, 0.05) is 19.5 Å². The van der Waals surface area contributed by atoms with E-state index in [1.54, 1.807) is 0 Å². The van der Waals surface area contributed by atoms with E-state index in [0.29, 0.717) is 11.5 Å². The fraction of sp³-hybridized carbons (Fsp3) is 0.545. The SMILES string of the molecule is CNC(=O)c1cc(S(=O)(=O)N[C@H]2COC[C@@H]2OC)cs1. The van der Waals surface area contributed by atoms with Crippen molar-refractivity contribution < 1.29 is 22.7 Å². The first-order valence-electron chi connectivity index (χ1n) is 5.91. The molecule has 7 nitrogen and oxygen atoms in total. The van der Waals surface area contributed by atoms with Gasteiger partial charge in [-0.25, -0.2) is 13.1 Å². The van der Waals surface area contributed by atoms with E-state index in [2.05, 4.69) is 10.0 Å². The van der Waals surface area contributed by atoms with Gasteiger partial charge in [-0.1, -0.05) is 0 Å². The molecule has 2 rings (SSSR count). The maximum atomic E-state index is 12.2. The van der Waals surface area contributed by atoms with Crippen molar-refractivity contribution in [1.82, 2.24) is 10.0 Å². The summed E-state index contributed by atoms with van der Waals surface area (Å²) in [5.41, 5.74) is 0. The summed E-state index contributed by atoms with van der Waals surface area (Å²) in [5, 5.41) is 3.89. The summed E-state index contributed by atoms with van der Waals surface area (Å²) in [6.07, 6.45) is -0.304. The van der Waals surface area contributed by atoms with Crippen LogP contribution in [0.1, 0.15) is 9.67 Å². The summed E-state index contributed by atoms with van der Waals surface area (Å²) in [7, 11) is -0.685. The first kappa shape index (κ1) is 15.4. The monoisotopic (exact) mass is 320 g/mol. The van der Waals surface area contributed by atoms with Crippen molar-refractivity contribution in [2.24, 2.45) is 0 Å². The Morgan fingerprint density at radius 2 is 2.25 bits per heavy atom. The van der Waals surface area contributed by atoms with Crippen molar-refractivity contribution in [2.45, 2.75) is 17.0 Å². The number of ether oxygens (including phenoxy) is 2. The van der Waals surface area contributed by atoms with Gasteiger partial charge >= 0.3 is 0 Å². The van der Waals surface area contributed by atoms with Gasteiger partial charge in [-0.05, 0) is 6.07 Å². The van der Waals surface area contributed by atoms with Crippen molar-refractivity contribution in [3.63, 3.8) is 0 Å². The van der Waals surface area contributed by atoms with Crippen LogP contribution in [0.25, 0.3) is 0 Å². The predicted molar refractivity (Wildman–Crippen MR) is 73.4 cm³/mol. The minimum absolute atomic E-state index is 0.0721. The van der Waals surface area contributed by atoms with Gasteiger partial charge in [-0.15, -0.1) is 11.3 Å². The highest BCUT2D eigenvalue weighted by molar-refractivity contribution is 7.89. The number of rotatable bonds is 5. The third kappa shape index (κ3) is 3.18. The molecule has 0 aliphatic carbocycles. The Morgan fingerprint density at radius 3 is 2.90 bits per heavy atom. The van der Waals surface area contributed by atoms with E-state index < -0.39 is 16.1 Å². The molecule has 0 unspecified atom stereocenters. The lowest BCUT2D eigenvalue weighted by molar-refractivity contribution is 0.0761. The van der Waals surface area contributed by atoms with Crippen molar-refractivity contribution in [3.05, 3.63) is 16.3 Å². The highest BCUT2D eigenvalue weighted by Gasteiger charge is 2.32. The van der Waals surface area contributed by atoms with Gasteiger partial charge in [0.25, 0.3) is 5.91 Å². The Hall–Kier alpha value is -1.00. The fourth-order valence-corrected chi connectivity index (χ4v) is 4.31. The van der Waals surface area contributed by atoms with E-state index in [4.69, 9.17) is 9.47 Å². The normalized spacial score (nSPS) is 22.9. The lowest BCUT2D eigenvalue weighted by Crippen LogP contribution is -2.43. The maximum absolute atomic E-state index is 12.2. The van der Waals surface area contributed by atoms with Gasteiger partial charge in [0.2, 0.25) is 10.0 Å². The number of methoxy groups -OCH3 is 1. The molecule has 1 fully saturated rings. The van der Waals surface area contributed by atoms with Crippen LogP contribution < -0.4 is 10.0 Å². The lowest BCUT2D eigenvalue weighted by Gasteiger charge is -2.17. The van der Waals surface area contributed by atoms with E-state index in [1.807, 2.05) is 0 Å². The van der Waals surface area contributed by atoms with Crippen molar-refractivity contribution in [1.29, 1.82) is 0 Å². The number of amides is 1. The molecular formula is C11H16N2O5S2. The molecule has 20 heavy (non-hydrogen) atoms. The highest BCUT2D eigenvalue weighted by atomic mass is 32.2. The number of nitrogens with one attached hydrogen (secondary N) is 2. The highest BCUT2D eigenvalue weighted by Crippen LogP contribution is 2.20. The molecule has 1 amide bonds. The first-order valence-corrected chi connectivity index (χ1v) is 8.27. The molecule has 2 atom stereocenters. The predicted octanol–water partition coefficient (Wildman–Crippen LogP) is -0.200. The molecule has 1 aromatic heterocycles. The topological polar surface area (TPSA) is 93.7 Å². The van der Waals surface area contributed by atoms with Gasteiger partial charge in [0.05, 0.1) is 35.1 Å². The lowest BCUT2D eigenvalue weighted by atomic mass is 10.2. The summed E-state index contributed by atoms with van der Waals surface area (Å²) in [5.74, 6) is -0.310. The second-order valence-corrected chi connectivity index (χ2v) is 6.89. The Bertz CT molecular complexity index is 583. The number of hydrogen-bond donors (Lipinski definition) is 2. The Balaban J connectivity index is 2.14. The Kier molecular flexibility index (Phi) is 4.76. The Morgan fingerprint density at radius 1 is 1.50 bits per heavy atom. The molecule has 1 aromatic rings. The van der Waals surface area contributed by atoms with Gasteiger partial charge in [0.15, 0.2) is 0 Å². The van der Waals surface area contributed by atoms with Crippen molar-refractivity contribution >= 4 is 27.3 Å². The molecule has 1 aliphatic rings. The molecule has 0 radical (unpaired) electrons. The molecule has 9 heteroatoms. The first-order chi connectivity index (χ1) is 9.47. The zero-order valence-corrected chi connectivity index (χ0v) is 12.7. The van der Waals surface area contributed by atoms with Crippen LogP contribution in [0, 0.1) is 0 Å². The van der Waals surface area contributed by atoms with E-state index in [1.165, 1.54) is 25.6 Å². The summed E-state index contributed by atoms with van der Waals surface area (Å²) < 4.78 is 37.3. The third-order valence-electron chi connectivity index (χ3n) is 2.97. The zero-order valence-electron chi connectivity index (χ0n) is 11.1. The smallest absolute Gasteiger partial charge is 0.261 e. The number of carbonyl (C=O) groups excluding carboxylic acids is 1. The zero-order chi connectivity index (χ0) is 14.8. The van der Waals surface area contributed by atoms with E-state index in [9.17, 15) is 13.2 Å². The molecule has 0 bridgehead atoms. The molecule has 0 saturated carbocycles.